The Balaban J connectivity index is 0.00000320. The highest BCUT2D eigenvalue weighted by Crippen LogP contribution is 2.20. The number of pyridine rings is 1. The lowest BCUT2D eigenvalue weighted by molar-refractivity contribution is 0.591. The van der Waals surface area contributed by atoms with Gasteiger partial charge in [-0.3, -0.25) is 4.99 Å². The zero-order valence-corrected chi connectivity index (χ0v) is 19.9. The van der Waals surface area contributed by atoms with Crippen molar-refractivity contribution in [2.75, 3.05) is 37.3 Å². The van der Waals surface area contributed by atoms with Crippen molar-refractivity contribution in [2.45, 2.75) is 23.8 Å². The van der Waals surface area contributed by atoms with Crippen LogP contribution in [0.15, 0.2) is 58.5 Å². The quantitative estimate of drug-likeness (QED) is 0.240. The van der Waals surface area contributed by atoms with Gasteiger partial charge in [-0.05, 0) is 37.1 Å². The first kappa shape index (κ1) is 24.3. The summed E-state index contributed by atoms with van der Waals surface area (Å²) in [6.07, 6.45) is 2.89. The molecule has 1 aliphatic heterocycles. The van der Waals surface area contributed by atoms with Gasteiger partial charge in [-0.25, -0.2) is 17.8 Å². The molecule has 3 rings (SSSR count). The molecule has 1 fully saturated rings. The molecule has 1 atom stereocenters. The maximum atomic E-state index is 13.9. The molecule has 10 heteroatoms. The van der Waals surface area contributed by atoms with Gasteiger partial charge in [-0.15, -0.1) is 24.0 Å². The molecule has 0 saturated carbocycles. The minimum Gasteiger partial charge on any atom is -0.356 e. The fourth-order valence-corrected chi connectivity index (χ4v) is 4.62. The van der Waals surface area contributed by atoms with E-state index in [0.717, 1.165) is 6.42 Å². The number of nitrogens with zero attached hydrogens (tertiary/aromatic N) is 3. The van der Waals surface area contributed by atoms with Crippen molar-refractivity contribution in [2.24, 2.45) is 4.99 Å². The Hall–Kier alpha value is -1.95. The van der Waals surface area contributed by atoms with Gasteiger partial charge in [0.25, 0.3) is 0 Å². The lowest BCUT2D eigenvalue weighted by Crippen LogP contribution is -2.45. The molecule has 2 heterocycles. The molecular weight excluding hydrogens is 520 g/mol. The first-order chi connectivity index (χ1) is 14.0. The Bertz CT molecular complexity index is 943. The highest BCUT2D eigenvalue weighted by atomic mass is 127. The van der Waals surface area contributed by atoms with Gasteiger partial charge in [0.2, 0.25) is 0 Å². The molecule has 1 saturated heterocycles. The molecule has 1 aliphatic rings. The third-order valence-electron chi connectivity index (χ3n) is 4.78. The SMILES string of the molecule is CN=C(NCCCS(=O)(=O)c1ccccc1)NC1CCN(c2ncccc2F)C1.I. The largest absolute Gasteiger partial charge is 0.356 e. The van der Waals surface area contributed by atoms with Crippen LogP contribution >= 0.6 is 24.0 Å². The zero-order valence-electron chi connectivity index (χ0n) is 16.8. The fraction of sp³-hybridized carbons (Fsp3) is 0.400. The number of nitrogens with one attached hydrogen (secondary N) is 2. The van der Waals surface area contributed by atoms with Crippen molar-refractivity contribution in [3.05, 3.63) is 54.5 Å². The molecule has 0 spiro atoms. The summed E-state index contributed by atoms with van der Waals surface area (Å²) in [5.74, 6) is 0.716. The summed E-state index contributed by atoms with van der Waals surface area (Å²) >= 11 is 0. The lowest BCUT2D eigenvalue weighted by Gasteiger charge is -2.20. The van der Waals surface area contributed by atoms with Gasteiger partial charge in [-0.2, -0.15) is 0 Å². The van der Waals surface area contributed by atoms with Crippen LogP contribution in [-0.2, 0) is 9.84 Å². The molecule has 2 aromatic rings. The summed E-state index contributed by atoms with van der Waals surface area (Å²) < 4.78 is 38.5. The average molecular weight is 547 g/mol. The number of anilines is 1. The molecule has 30 heavy (non-hydrogen) atoms. The van der Waals surface area contributed by atoms with Gasteiger partial charge >= 0.3 is 0 Å². The maximum Gasteiger partial charge on any atom is 0.191 e. The van der Waals surface area contributed by atoms with Crippen molar-refractivity contribution < 1.29 is 12.8 Å². The van der Waals surface area contributed by atoms with E-state index in [9.17, 15) is 12.8 Å². The molecule has 0 aliphatic carbocycles. The molecule has 0 bridgehead atoms. The van der Waals surface area contributed by atoms with Gasteiger partial charge in [0.05, 0.1) is 10.6 Å². The first-order valence-electron chi connectivity index (χ1n) is 9.60. The number of rotatable bonds is 7. The Labute approximate surface area is 194 Å². The molecule has 1 aromatic carbocycles. The van der Waals surface area contributed by atoms with Crippen LogP contribution in [0.25, 0.3) is 0 Å². The predicted molar refractivity (Wildman–Crippen MR) is 128 cm³/mol. The van der Waals surface area contributed by atoms with E-state index in [-0.39, 0.29) is 41.6 Å². The normalized spacial score (nSPS) is 16.8. The van der Waals surface area contributed by atoms with E-state index in [1.807, 2.05) is 4.90 Å². The monoisotopic (exact) mass is 547 g/mol. The molecule has 7 nitrogen and oxygen atoms in total. The molecule has 1 aromatic heterocycles. The first-order valence-corrected chi connectivity index (χ1v) is 11.3. The average Bonchev–Trinajstić information content (AvgIpc) is 3.19. The van der Waals surface area contributed by atoms with Crippen LogP contribution in [-0.4, -0.2) is 57.8 Å². The number of aromatic nitrogens is 1. The van der Waals surface area contributed by atoms with Gasteiger partial charge in [0, 0.05) is 38.9 Å². The Morgan fingerprint density at radius 1 is 1.27 bits per heavy atom. The third kappa shape index (κ3) is 6.53. The number of sulfone groups is 1. The van der Waals surface area contributed by atoms with Crippen LogP contribution in [0.5, 0.6) is 0 Å². The molecular formula is C20H27FIN5O2S. The fourth-order valence-electron chi connectivity index (χ4n) is 3.28. The van der Waals surface area contributed by atoms with Crippen LogP contribution < -0.4 is 15.5 Å². The third-order valence-corrected chi connectivity index (χ3v) is 6.59. The second kappa shape index (κ2) is 11.4. The van der Waals surface area contributed by atoms with E-state index in [4.69, 9.17) is 0 Å². The van der Waals surface area contributed by atoms with Gasteiger partial charge < -0.3 is 15.5 Å². The molecule has 164 valence electrons. The number of guanidine groups is 1. The summed E-state index contributed by atoms with van der Waals surface area (Å²) in [7, 11) is -1.61. The summed E-state index contributed by atoms with van der Waals surface area (Å²) in [5.41, 5.74) is 0. The molecule has 2 N–H and O–H groups in total. The van der Waals surface area contributed by atoms with Gasteiger partial charge in [-0.1, -0.05) is 18.2 Å². The van der Waals surface area contributed by atoms with E-state index in [1.54, 1.807) is 49.6 Å². The van der Waals surface area contributed by atoms with E-state index >= 15 is 0 Å². The Morgan fingerprint density at radius 3 is 2.73 bits per heavy atom. The van der Waals surface area contributed by atoms with Crippen LogP contribution in [0, 0.1) is 5.82 Å². The summed E-state index contributed by atoms with van der Waals surface area (Å²) in [6.45, 7) is 1.81. The van der Waals surface area contributed by atoms with Crippen molar-refractivity contribution in [3.63, 3.8) is 0 Å². The maximum absolute atomic E-state index is 13.9. The van der Waals surface area contributed by atoms with Crippen molar-refractivity contribution >= 4 is 45.6 Å². The molecule has 0 radical (unpaired) electrons. The second-order valence-electron chi connectivity index (χ2n) is 6.87. The van der Waals surface area contributed by atoms with Crippen LogP contribution in [0.1, 0.15) is 12.8 Å². The highest BCUT2D eigenvalue weighted by molar-refractivity contribution is 14.0. The topological polar surface area (TPSA) is 86.7 Å². The minimum atomic E-state index is -3.28. The number of aliphatic imine (C=N–C) groups is 1. The van der Waals surface area contributed by atoms with Crippen molar-refractivity contribution in [1.29, 1.82) is 0 Å². The van der Waals surface area contributed by atoms with Crippen LogP contribution in [0.2, 0.25) is 0 Å². The second-order valence-corrected chi connectivity index (χ2v) is 8.98. The zero-order chi connectivity index (χ0) is 20.7. The summed E-state index contributed by atoms with van der Waals surface area (Å²) in [4.78, 5) is 10.6. The minimum absolute atomic E-state index is 0. The Kier molecular flexibility index (Phi) is 9.28. The van der Waals surface area contributed by atoms with E-state index in [1.165, 1.54) is 6.07 Å². The van der Waals surface area contributed by atoms with E-state index in [2.05, 4.69) is 20.6 Å². The Morgan fingerprint density at radius 2 is 2.03 bits per heavy atom. The predicted octanol–water partition coefficient (Wildman–Crippen LogP) is 2.45. The smallest absolute Gasteiger partial charge is 0.191 e. The van der Waals surface area contributed by atoms with Gasteiger partial charge in [0.1, 0.15) is 0 Å². The number of hydrogen-bond acceptors (Lipinski definition) is 5. The number of hydrogen-bond donors (Lipinski definition) is 2. The molecule has 0 amide bonds. The number of benzene rings is 1. The standard InChI is InChI=1S/C20H26FN5O2S.HI/c1-22-20(24-12-6-14-29(27,28)17-7-3-2-4-8-17)25-16-10-13-26(15-16)19-18(21)9-5-11-23-19;/h2-5,7-9,11,16H,6,10,12-15H2,1H3,(H2,22,24,25);1H. The van der Waals surface area contributed by atoms with E-state index in [0.29, 0.717) is 42.7 Å². The lowest BCUT2D eigenvalue weighted by atomic mass is 10.3. The number of halogens is 2. The molecule has 1 unspecified atom stereocenters. The van der Waals surface area contributed by atoms with E-state index < -0.39 is 9.84 Å². The summed E-state index contributed by atoms with van der Waals surface area (Å²) in [6, 6.07) is 11.6. The highest BCUT2D eigenvalue weighted by Gasteiger charge is 2.26. The van der Waals surface area contributed by atoms with Crippen LogP contribution in [0.4, 0.5) is 10.2 Å². The van der Waals surface area contributed by atoms with Crippen molar-refractivity contribution in [1.82, 2.24) is 15.6 Å². The van der Waals surface area contributed by atoms with Crippen LogP contribution in [0.3, 0.4) is 0 Å². The summed E-state index contributed by atoms with van der Waals surface area (Å²) in [5, 5.41) is 6.46. The van der Waals surface area contributed by atoms with Crippen molar-refractivity contribution in [3.8, 4) is 0 Å². The van der Waals surface area contributed by atoms with Gasteiger partial charge in [0.15, 0.2) is 27.4 Å².